The van der Waals surface area contributed by atoms with Crippen molar-refractivity contribution in [2.24, 2.45) is 0 Å². The average molecular weight is 336 g/mol. The van der Waals surface area contributed by atoms with Crippen molar-refractivity contribution >= 4 is 5.78 Å². The summed E-state index contributed by atoms with van der Waals surface area (Å²) in [5.74, 6) is -1.94. The molecule has 2 aromatic rings. The number of ether oxygens (including phenoxy) is 1. The Hall–Kier alpha value is -2.30. The molecule has 0 atom stereocenters. The molecular weight excluding hydrogens is 317 g/mol. The van der Waals surface area contributed by atoms with Gasteiger partial charge in [0.15, 0.2) is 0 Å². The Labute approximate surface area is 139 Å². The van der Waals surface area contributed by atoms with Crippen LogP contribution >= 0.6 is 0 Å². The fraction of sp³-hybridized carbons (Fsp3) is 0.316. The highest BCUT2D eigenvalue weighted by Crippen LogP contribution is 2.32. The Balaban J connectivity index is 2.38. The summed E-state index contributed by atoms with van der Waals surface area (Å²) >= 11 is 0. The molecule has 2 rings (SSSR count). The maximum Gasteiger partial charge on any atom is 0.455 e. The molecule has 0 bridgehead atoms. The Morgan fingerprint density at radius 1 is 1.00 bits per heavy atom. The lowest BCUT2D eigenvalue weighted by Crippen LogP contribution is -2.24. The molecule has 0 heterocycles. The number of ketones is 1. The number of carbonyl (C=O) groups excluding carboxylic acids is 1. The molecule has 0 saturated carbocycles. The van der Waals surface area contributed by atoms with E-state index >= 15 is 0 Å². The van der Waals surface area contributed by atoms with Gasteiger partial charge < -0.3 is 4.74 Å². The number of Topliss-reactive ketones (excluding diaryl/α,β-unsaturated/α-hetero) is 1. The minimum atomic E-state index is -4.94. The van der Waals surface area contributed by atoms with Crippen molar-refractivity contribution in [1.82, 2.24) is 0 Å². The first kappa shape index (κ1) is 18.0. The Morgan fingerprint density at radius 3 is 2.17 bits per heavy atom. The number of hydrogen-bond donors (Lipinski definition) is 0. The Bertz CT molecular complexity index is 714. The van der Waals surface area contributed by atoms with Gasteiger partial charge in [-0.25, -0.2) is 0 Å². The highest BCUT2D eigenvalue weighted by atomic mass is 19.4. The van der Waals surface area contributed by atoms with E-state index in [1.807, 2.05) is 39.0 Å². The summed E-state index contributed by atoms with van der Waals surface area (Å²) < 4.78 is 44.0. The third kappa shape index (κ3) is 4.37. The predicted molar refractivity (Wildman–Crippen MR) is 86.3 cm³/mol. The molecule has 0 aliphatic heterocycles. The van der Waals surface area contributed by atoms with Crippen molar-refractivity contribution in [1.29, 1.82) is 0 Å². The maximum absolute atomic E-state index is 12.8. The third-order valence-electron chi connectivity index (χ3n) is 3.59. The summed E-state index contributed by atoms with van der Waals surface area (Å²) in [6.45, 7) is 5.91. The molecule has 24 heavy (non-hydrogen) atoms. The fourth-order valence-electron chi connectivity index (χ4n) is 2.18. The van der Waals surface area contributed by atoms with Crippen molar-refractivity contribution in [3.8, 4) is 5.75 Å². The summed E-state index contributed by atoms with van der Waals surface area (Å²) in [6, 6.07) is 13.3. The van der Waals surface area contributed by atoms with Crippen LogP contribution in [0.15, 0.2) is 48.5 Å². The van der Waals surface area contributed by atoms with Gasteiger partial charge >= 0.3 is 6.18 Å². The standard InChI is InChI=1S/C19H19F3O2/c1-18(2,3)14-9-10-15(17(23)19(20,21)22)16(11-14)24-12-13-7-5-4-6-8-13/h4-11H,12H2,1-3H3. The number of halogens is 3. The van der Waals surface area contributed by atoms with Crippen LogP contribution in [0.2, 0.25) is 0 Å². The lowest BCUT2D eigenvalue weighted by molar-refractivity contribution is -0.0886. The largest absolute Gasteiger partial charge is 0.488 e. The van der Waals surface area contributed by atoms with Crippen LogP contribution in [0.25, 0.3) is 0 Å². The minimum absolute atomic E-state index is 0.0476. The topological polar surface area (TPSA) is 26.3 Å². The molecule has 0 unspecified atom stereocenters. The van der Waals surface area contributed by atoms with Crippen molar-refractivity contribution in [2.45, 2.75) is 39.0 Å². The molecule has 0 aliphatic carbocycles. The van der Waals surface area contributed by atoms with Gasteiger partial charge in [-0.05, 0) is 28.7 Å². The molecule has 128 valence electrons. The second kappa shape index (κ2) is 6.67. The summed E-state index contributed by atoms with van der Waals surface area (Å²) in [4.78, 5) is 11.7. The van der Waals surface area contributed by atoms with Crippen LogP contribution in [0.5, 0.6) is 5.75 Å². The monoisotopic (exact) mass is 336 g/mol. The number of benzene rings is 2. The van der Waals surface area contributed by atoms with Crippen LogP contribution in [0.1, 0.15) is 42.3 Å². The van der Waals surface area contributed by atoms with Gasteiger partial charge in [-0.3, -0.25) is 4.79 Å². The second-order valence-electron chi connectivity index (χ2n) is 6.56. The van der Waals surface area contributed by atoms with E-state index in [4.69, 9.17) is 4.74 Å². The van der Waals surface area contributed by atoms with Gasteiger partial charge in [0.2, 0.25) is 0 Å². The van der Waals surface area contributed by atoms with Crippen LogP contribution in [0, 0.1) is 0 Å². The predicted octanol–water partition coefficient (Wildman–Crippen LogP) is 5.31. The zero-order chi connectivity index (χ0) is 18.0. The first-order valence-corrected chi connectivity index (χ1v) is 7.52. The van der Waals surface area contributed by atoms with Gasteiger partial charge in [-0.1, -0.05) is 57.2 Å². The molecule has 0 aromatic heterocycles. The minimum Gasteiger partial charge on any atom is -0.488 e. The SMILES string of the molecule is CC(C)(C)c1ccc(C(=O)C(F)(F)F)c(OCc2ccccc2)c1. The highest BCUT2D eigenvalue weighted by Gasteiger charge is 2.41. The molecule has 0 spiro atoms. The van der Waals surface area contributed by atoms with E-state index in [-0.39, 0.29) is 17.8 Å². The van der Waals surface area contributed by atoms with Gasteiger partial charge in [-0.15, -0.1) is 0 Å². The Morgan fingerprint density at radius 2 is 1.62 bits per heavy atom. The molecule has 0 fully saturated rings. The zero-order valence-corrected chi connectivity index (χ0v) is 13.8. The van der Waals surface area contributed by atoms with Crippen LogP contribution in [-0.2, 0) is 12.0 Å². The molecular formula is C19H19F3O2. The van der Waals surface area contributed by atoms with E-state index in [2.05, 4.69) is 0 Å². The van der Waals surface area contributed by atoms with Gasteiger partial charge in [0.1, 0.15) is 12.4 Å². The van der Waals surface area contributed by atoms with Crippen LogP contribution < -0.4 is 4.74 Å². The van der Waals surface area contributed by atoms with E-state index in [1.54, 1.807) is 12.1 Å². The zero-order valence-electron chi connectivity index (χ0n) is 13.8. The van der Waals surface area contributed by atoms with Crippen LogP contribution in [-0.4, -0.2) is 12.0 Å². The van der Waals surface area contributed by atoms with Gasteiger partial charge in [0.05, 0.1) is 5.56 Å². The first-order chi connectivity index (χ1) is 11.1. The summed E-state index contributed by atoms with van der Waals surface area (Å²) in [6.07, 6.45) is -4.94. The number of alkyl halides is 3. The van der Waals surface area contributed by atoms with Crippen molar-refractivity contribution in [2.75, 3.05) is 0 Å². The lowest BCUT2D eigenvalue weighted by atomic mass is 9.86. The smallest absolute Gasteiger partial charge is 0.455 e. The van der Waals surface area contributed by atoms with E-state index in [0.717, 1.165) is 11.1 Å². The lowest BCUT2D eigenvalue weighted by Gasteiger charge is -2.21. The van der Waals surface area contributed by atoms with Gasteiger partial charge in [0.25, 0.3) is 5.78 Å². The van der Waals surface area contributed by atoms with E-state index < -0.39 is 17.5 Å². The second-order valence-corrected chi connectivity index (χ2v) is 6.56. The summed E-state index contributed by atoms with van der Waals surface area (Å²) in [5, 5.41) is 0. The molecule has 2 nitrogen and oxygen atoms in total. The summed E-state index contributed by atoms with van der Waals surface area (Å²) in [5.41, 5.74) is 0.866. The van der Waals surface area contributed by atoms with Crippen molar-refractivity contribution < 1.29 is 22.7 Å². The van der Waals surface area contributed by atoms with E-state index in [1.165, 1.54) is 18.2 Å². The molecule has 0 N–H and O–H groups in total. The Kier molecular flexibility index (Phi) is 5.02. The quantitative estimate of drug-likeness (QED) is 0.708. The normalized spacial score (nSPS) is 12.1. The van der Waals surface area contributed by atoms with Crippen LogP contribution in [0.3, 0.4) is 0 Å². The molecule has 5 heteroatoms. The number of hydrogen-bond acceptors (Lipinski definition) is 2. The van der Waals surface area contributed by atoms with Crippen molar-refractivity contribution in [3.63, 3.8) is 0 Å². The first-order valence-electron chi connectivity index (χ1n) is 7.52. The average Bonchev–Trinajstić information content (AvgIpc) is 2.51. The van der Waals surface area contributed by atoms with Gasteiger partial charge in [0, 0.05) is 0 Å². The van der Waals surface area contributed by atoms with Crippen LogP contribution in [0.4, 0.5) is 13.2 Å². The van der Waals surface area contributed by atoms with Gasteiger partial charge in [-0.2, -0.15) is 13.2 Å². The fourth-order valence-corrected chi connectivity index (χ4v) is 2.18. The molecule has 0 radical (unpaired) electrons. The van der Waals surface area contributed by atoms with E-state index in [9.17, 15) is 18.0 Å². The molecule has 0 amide bonds. The maximum atomic E-state index is 12.8. The summed E-state index contributed by atoms with van der Waals surface area (Å²) in [7, 11) is 0. The third-order valence-corrected chi connectivity index (χ3v) is 3.59. The van der Waals surface area contributed by atoms with E-state index in [0.29, 0.717) is 0 Å². The number of rotatable bonds is 4. The highest BCUT2D eigenvalue weighted by molar-refractivity contribution is 6.02. The molecule has 0 aliphatic rings. The molecule has 0 saturated heterocycles. The number of carbonyl (C=O) groups is 1. The molecule has 2 aromatic carbocycles. The van der Waals surface area contributed by atoms with Crippen molar-refractivity contribution in [3.05, 3.63) is 65.2 Å².